The van der Waals surface area contributed by atoms with Crippen molar-refractivity contribution >= 4 is 11.4 Å². The molecule has 0 unspecified atom stereocenters. The molecule has 7 nitrogen and oxygen atoms in total. The molecule has 1 aromatic carbocycles. The zero-order valence-corrected chi connectivity index (χ0v) is 9.71. The van der Waals surface area contributed by atoms with Crippen molar-refractivity contribution in [2.45, 2.75) is 19.4 Å². The number of hydrogen-bond donors (Lipinski definition) is 1. The van der Waals surface area contributed by atoms with Gasteiger partial charge in [0.2, 0.25) is 0 Å². The summed E-state index contributed by atoms with van der Waals surface area (Å²) >= 11 is 0. The van der Waals surface area contributed by atoms with E-state index < -0.39 is 26.8 Å². The van der Waals surface area contributed by atoms with Crippen molar-refractivity contribution in [3.8, 4) is 11.8 Å². The zero-order chi connectivity index (χ0) is 13.9. The molecule has 0 radical (unpaired) electrons. The van der Waals surface area contributed by atoms with Crippen LogP contribution >= 0.6 is 0 Å². The van der Waals surface area contributed by atoms with Crippen molar-refractivity contribution < 1.29 is 15.0 Å². The van der Waals surface area contributed by atoms with Crippen molar-refractivity contribution in [3.63, 3.8) is 0 Å². The Balaban J connectivity index is 3.27. The molecule has 18 heavy (non-hydrogen) atoms. The Bertz CT molecular complexity index is 563. The standard InChI is InChI=1S/C11H10N2O5/c1-11(2,14)6-5-8-3-4-9(12(15)16)10(7-8)13(17)18/h3-4,7,14H,1-2H3. The molecule has 1 rings (SSSR count). The van der Waals surface area contributed by atoms with Crippen molar-refractivity contribution in [2.75, 3.05) is 0 Å². The average molecular weight is 250 g/mol. The summed E-state index contributed by atoms with van der Waals surface area (Å²) in [4.78, 5) is 19.6. The second-order valence-electron chi connectivity index (χ2n) is 4.03. The molecule has 7 heteroatoms. The van der Waals surface area contributed by atoms with Gasteiger partial charge in [0.05, 0.1) is 9.85 Å². The van der Waals surface area contributed by atoms with Crippen LogP contribution in [-0.4, -0.2) is 20.6 Å². The van der Waals surface area contributed by atoms with E-state index in [2.05, 4.69) is 11.8 Å². The molecule has 0 saturated carbocycles. The van der Waals surface area contributed by atoms with Gasteiger partial charge in [-0.1, -0.05) is 11.8 Å². The lowest BCUT2D eigenvalue weighted by Crippen LogP contribution is -2.14. The molecular weight excluding hydrogens is 240 g/mol. The lowest BCUT2D eigenvalue weighted by molar-refractivity contribution is -0.422. The quantitative estimate of drug-likeness (QED) is 0.487. The summed E-state index contributed by atoms with van der Waals surface area (Å²) < 4.78 is 0. The van der Waals surface area contributed by atoms with Crippen molar-refractivity contribution in [1.29, 1.82) is 0 Å². The van der Waals surface area contributed by atoms with E-state index in [1.54, 1.807) is 0 Å². The van der Waals surface area contributed by atoms with E-state index in [1.807, 2.05) is 0 Å². The number of hydrogen-bond acceptors (Lipinski definition) is 5. The molecule has 0 aromatic heterocycles. The SMILES string of the molecule is CC(C)(O)C#Cc1ccc([N+](=O)[O-])c([N+](=O)[O-])c1. The van der Waals surface area contributed by atoms with Crippen molar-refractivity contribution in [2.24, 2.45) is 0 Å². The van der Waals surface area contributed by atoms with E-state index in [0.29, 0.717) is 0 Å². The molecule has 0 saturated heterocycles. The highest BCUT2D eigenvalue weighted by Gasteiger charge is 2.23. The Morgan fingerprint density at radius 2 is 1.72 bits per heavy atom. The van der Waals surface area contributed by atoms with Gasteiger partial charge in [-0.3, -0.25) is 20.2 Å². The third-order valence-corrected chi connectivity index (χ3v) is 1.88. The van der Waals surface area contributed by atoms with Crippen molar-refractivity contribution in [3.05, 3.63) is 44.0 Å². The van der Waals surface area contributed by atoms with Crippen LogP contribution in [0.5, 0.6) is 0 Å². The summed E-state index contributed by atoms with van der Waals surface area (Å²) in [7, 11) is 0. The predicted molar refractivity (Wildman–Crippen MR) is 62.9 cm³/mol. The van der Waals surface area contributed by atoms with Crippen LogP contribution in [0.1, 0.15) is 19.4 Å². The van der Waals surface area contributed by atoms with Gasteiger partial charge in [-0.25, -0.2) is 0 Å². The molecule has 0 aliphatic rings. The summed E-state index contributed by atoms with van der Waals surface area (Å²) in [5.41, 5.74) is -2.22. The number of benzene rings is 1. The first-order valence-electron chi connectivity index (χ1n) is 4.89. The van der Waals surface area contributed by atoms with Gasteiger partial charge in [-0.05, 0) is 19.9 Å². The van der Waals surface area contributed by atoms with E-state index in [-0.39, 0.29) is 5.56 Å². The minimum Gasteiger partial charge on any atom is -0.378 e. The minimum atomic E-state index is -1.24. The molecule has 1 N–H and O–H groups in total. The second-order valence-corrected chi connectivity index (χ2v) is 4.03. The third-order valence-electron chi connectivity index (χ3n) is 1.88. The van der Waals surface area contributed by atoms with Crippen LogP contribution < -0.4 is 0 Å². The highest BCUT2D eigenvalue weighted by atomic mass is 16.6. The van der Waals surface area contributed by atoms with Crippen LogP contribution in [-0.2, 0) is 0 Å². The molecule has 0 spiro atoms. The number of rotatable bonds is 2. The van der Waals surface area contributed by atoms with Gasteiger partial charge >= 0.3 is 11.4 Å². The second kappa shape index (κ2) is 4.81. The molecule has 0 atom stereocenters. The summed E-state index contributed by atoms with van der Waals surface area (Å²) in [5.74, 6) is 4.99. The molecule has 1 aromatic rings. The Morgan fingerprint density at radius 1 is 1.17 bits per heavy atom. The van der Waals surface area contributed by atoms with E-state index in [1.165, 1.54) is 19.9 Å². The Morgan fingerprint density at radius 3 is 2.17 bits per heavy atom. The van der Waals surface area contributed by atoms with Crippen LogP contribution in [0.2, 0.25) is 0 Å². The van der Waals surface area contributed by atoms with E-state index >= 15 is 0 Å². The topological polar surface area (TPSA) is 107 Å². The first-order valence-corrected chi connectivity index (χ1v) is 4.89. The number of nitro benzene ring substituents is 2. The fraction of sp³-hybridized carbons (Fsp3) is 0.273. The summed E-state index contributed by atoms with van der Waals surface area (Å²) in [5, 5.41) is 30.6. The van der Waals surface area contributed by atoms with E-state index in [4.69, 9.17) is 0 Å². The molecule has 0 heterocycles. The maximum Gasteiger partial charge on any atom is 0.347 e. The van der Waals surface area contributed by atoms with Gasteiger partial charge in [0, 0.05) is 17.7 Å². The van der Waals surface area contributed by atoms with Crippen LogP contribution in [0.4, 0.5) is 11.4 Å². The van der Waals surface area contributed by atoms with E-state index in [9.17, 15) is 25.3 Å². The fourth-order valence-electron chi connectivity index (χ4n) is 1.13. The Hall–Kier alpha value is -2.46. The van der Waals surface area contributed by atoms with Gasteiger partial charge in [-0.15, -0.1) is 0 Å². The molecule has 0 bridgehead atoms. The molecule has 0 aliphatic heterocycles. The summed E-state index contributed by atoms with van der Waals surface area (Å²) in [6, 6.07) is 3.33. The highest BCUT2D eigenvalue weighted by molar-refractivity contribution is 5.57. The highest BCUT2D eigenvalue weighted by Crippen LogP contribution is 2.27. The van der Waals surface area contributed by atoms with Crippen LogP contribution in [0.25, 0.3) is 0 Å². The Labute approximate surface area is 102 Å². The Kier molecular flexibility index (Phi) is 3.64. The predicted octanol–water partition coefficient (Wildman–Crippen LogP) is 1.63. The normalized spacial score (nSPS) is 10.4. The van der Waals surface area contributed by atoms with Crippen LogP contribution in [0, 0.1) is 32.1 Å². The average Bonchev–Trinajstić information content (AvgIpc) is 2.24. The van der Waals surface area contributed by atoms with Gasteiger partial charge in [-0.2, -0.15) is 0 Å². The minimum absolute atomic E-state index is 0.231. The lowest BCUT2D eigenvalue weighted by Gasteiger charge is -2.05. The molecular formula is C11H10N2O5. The van der Waals surface area contributed by atoms with Gasteiger partial charge in [0.15, 0.2) is 0 Å². The van der Waals surface area contributed by atoms with Gasteiger partial charge in [0.25, 0.3) is 0 Å². The number of nitrogens with zero attached hydrogens (tertiary/aromatic N) is 2. The smallest absolute Gasteiger partial charge is 0.347 e. The van der Waals surface area contributed by atoms with Gasteiger partial charge in [0.1, 0.15) is 5.60 Å². The maximum absolute atomic E-state index is 10.7. The number of nitro groups is 2. The van der Waals surface area contributed by atoms with Gasteiger partial charge < -0.3 is 5.11 Å². The molecule has 0 fully saturated rings. The largest absolute Gasteiger partial charge is 0.378 e. The first kappa shape index (κ1) is 13.6. The molecule has 0 amide bonds. The fourth-order valence-corrected chi connectivity index (χ4v) is 1.13. The third kappa shape index (κ3) is 3.54. The summed E-state index contributed by atoms with van der Waals surface area (Å²) in [6.07, 6.45) is 0. The molecule has 0 aliphatic carbocycles. The van der Waals surface area contributed by atoms with E-state index in [0.717, 1.165) is 12.1 Å². The molecule has 94 valence electrons. The van der Waals surface area contributed by atoms with Crippen LogP contribution in [0.3, 0.4) is 0 Å². The first-order chi connectivity index (χ1) is 8.20. The monoisotopic (exact) mass is 250 g/mol. The number of aliphatic hydroxyl groups is 1. The lowest BCUT2D eigenvalue weighted by atomic mass is 10.1. The summed E-state index contributed by atoms with van der Waals surface area (Å²) in [6.45, 7) is 2.92. The maximum atomic E-state index is 10.7. The van der Waals surface area contributed by atoms with Crippen LogP contribution in [0.15, 0.2) is 18.2 Å². The van der Waals surface area contributed by atoms with Crippen molar-refractivity contribution in [1.82, 2.24) is 0 Å². The zero-order valence-electron chi connectivity index (χ0n) is 9.71.